The van der Waals surface area contributed by atoms with E-state index in [-0.39, 0.29) is 12.2 Å². The fourth-order valence-corrected chi connectivity index (χ4v) is 3.60. The SMILES string of the molecule is Cc1cccc(C)c1OC(=O)COc1ccc2c3c(c(=O)oc2c1)CCC3. The lowest BCUT2D eigenvalue weighted by Crippen LogP contribution is -2.18. The van der Waals surface area contributed by atoms with E-state index in [1.165, 1.54) is 0 Å². The highest BCUT2D eigenvalue weighted by atomic mass is 16.6. The van der Waals surface area contributed by atoms with Gasteiger partial charge in [0.2, 0.25) is 0 Å². The second-order valence-corrected chi connectivity index (χ2v) is 6.84. The molecule has 1 aliphatic carbocycles. The maximum Gasteiger partial charge on any atom is 0.349 e. The molecule has 1 aromatic heterocycles. The van der Waals surface area contributed by atoms with Crippen LogP contribution in [0.2, 0.25) is 0 Å². The fraction of sp³-hybridized carbons (Fsp3) is 0.273. The molecule has 1 aliphatic rings. The molecule has 3 aromatic rings. The molecular weight excluding hydrogens is 344 g/mol. The molecule has 0 unspecified atom stereocenters. The molecule has 2 aromatic carbocycles. The van der Waals surface area contributed by atoms with E-state index in [0.717, 1.165) is 46.9 Å². The Balaban J connectivity index is 1.50. The van der Waals surface area contributed by atoms with Gasteiger partial charge in [0, 0.05) is 17.0 Å². The molecule has 0 saturated heterocycles. The number of benzene rings is 2. The summed E-state index contributed by atoms with van der Waals surface area (Å²) >= 11 is 0. The fourth-order valence-electron chi connectivity index (χ4n) is 3.60. The number of rotatable bonds is 4. The number of fused-ring (bicyclic) bond motifs is 3. The molecule has 5 heteroatoms. The minimum atomic E-state index is -0.483. The van der Waals surface area contributed by atoms with E-state index in [1.54, 1.807) is 12.1 Å². The van der Waals surface area contributed by atoms with Crippen LogP contribution in [-0.4, -0.2) is 12.6 Å². The smallest absolute Gasteiger partial charge is 0.349 e. The van der Waals surface area contributed by atoms with E-state index >= 15 is 0 Å². The van der Waals surface area contributed by atoms with Crippen LogP contribution < -0.4 is 15.1 Å². The van der Waals surface area contributed by atoms with E-state index in [2.05, 4.69) is 0 Å². The average molecular weight is 364 g/mol. The predicted octanol–water partition coefficient (Wildman–Crippen LogP) is 3.88. The van der Waals surface area contributed by atoms with Gasteiger partial charge in [0.25, 0.3) is 0 Å². The highest BCUT2D eigenvalue weighted by molar-refractivity contribution is 5.83. The van der Waals surface area contributed by atoms with Gasteiger partial charge < -0.3 is 13.9 Å². The molecule has 27 heavy (non-hydrogen) atoms. The Morgan fingerprint density at radius 3 is 2.59 bits per heavy atom. The van der Waals surface area contributed by atoms with Crippen LogP contribution in [-0.2, 0) is 17.6 Å². The quantitative estimate of drug-likeness (QED) is 0.399. The van der Waals surface area contributed by atoms with Crippen LogP contribution in [0.3, 0.4) is 0 Å². The maximum absolute atomic E-state index is 12.1. The van der Waals surface area contributed by atoms with Gasteiger partial charge in [0.15, 0.2) is 6.61 Å². The molecule has 0 bridgehead atoms. The Hall–Kier alpha value is -3.08. The number of para-hydroxylation sites is 1. The van der Waals surface area contributed by atoms with Crippen LogP contribution in [0, 0.1) is 13.8 Å². The lowest BCUT2D eigenvalue weighted by molar-refractivity contribution is -0.136. The second kappa shape index (κ2) is 6.91. The molecular formula is C22H20O5. The normalized spacial score (nSPS) is 12.8. The van der Waals surface area contributed by atoms with Crippen LogP contribution in [0.5, 0.6) is 11.5 Å². The minimum Gasteiger partial charge on any atom is -0.482 e. The van der Waals surface area contributed by atoms with Crippen LogP contribution in [0.4, 0.5) is 0 Å². The summed E-state index contributed by atoms with van der Waals surface area (Å²) in [5, 5.41) is 0.938. The van der Waals surface area contributed by atoms with Crippen molar-refractivity contribution in [1.29, 1.82) is 0 Å². The van der Waals surface area contributed by atoms with Gasteiger partial charge in [0.05, 0.1) is 0 Å². The molecule has 4 rings (SSSR count). The lowest BCUT2D eigenvalue weighted by atomic mass is 10.1. The number of esters is 1. The zero-order valence-electron chi connectivity index (χ0n) is 15.3. The minimum absolute atomic E-state index is 0.228. The van der Waals surface area contributed by atoms with Crippen LogP contribution >= 0.6 is 0 Å². The van der Waals surface area contributed by atoms with E-state index in [9.17, 15) is 9.59 Å². The van der Waals surface area contributed by atoms with Crippen LogP contribution in [0.25, 0.3) is 11.0 Å². The Labute approximate surface area is 156 Å². The number of carbonyl (C=O) groups excluding carboxylic acids is 1. The zero-order chi connectivity index (χ0) is 19.0. The van der Waals surface area contributed by atoms with Crippen molar-refractivity contribution in [2.45, 2.75) is 33.1 Å². The van der Waals surface area contributed by atoms with E-state index in [1.807, 2.05) is 38.1 Å². The van der Waals surface area contributed by atoms with E-state index in [4.69, 9.17) is 13.9 Å². The first-order valence-electron chi connectivity index (χ1n) is 9.01. The first-order chi connectivity index (χ1) is 13.0. The first kappa shape index (κ1) is 17.3. The van der Waals surface area contributed by atoms with Crippen molar-refractivity contribution < 1.29 is 18.7 Å². The molecule has 0 saturated carbocycles. The number of carbonyl (C=O) groups is 1. The Morgan fingerprint density at radius 2 is 1.81 bits per heavy atom. The van der Waals surface area contributed by atoms with Gasteiger partial charge in [-0.15, -0.1) is 0 Å². The number of aryl methyl sites for hydroxylation is 3. The summed E-state index contributed by atoms with van der Waals surface area (Å²) in [6.07, 6.45) is 2.64. The molecule has 0 amide bonds. The second-order valence-electron chi connectivity index (χ2n) is 6.84. The van der Waals surface area contributed by atoms with Crippen molar-refractivity contribution in [3.8, 4) is 11.5 Å². The van der Waals surface area contributed by atoms with E-state index in [0.29, 0.717) is 17.1 Å². The van der Waals surface area contributed by atoms with Crippen molar-refractivity contribution >= 4 is 16.9 Å². The Bertz CT molecular complexity index is 1070. The summed E-state index contributed by atoms with van der Waals surface area (Å²) in [5.74, 6) is 0.538. The summed E-state index contributed by atoms with van der Waals surface area (Å²) in [6, 6.07) is 11.0. The molecule has 0 aliphatic heterocycles. The van der Waals surface area contributed by atoms with Gasteiger partial charge in [-0.3, -0.25) is 0 Å². The third-order valence-corrected chi connectivity index (χ3v) is 4.93. The molecule has 0 N–H and O–H groups in total. The third kappa shape index (κ3) is 3.33. The third-order valence-electron chi connectivity index (χ3n) is 4.93. The molecule has 1 heterocycles. The van der Waals surface area contributed by atoms with Gasteiger partial charge in [0.1, 0.15) is 17.1 Å². The number of hydrogen-bond acceptors (Lipinski definition) is 5. The van der Waals surface area contributed by atoms with Gasteiger partial charge in [-0.25, -0.2) is 9.59 Å². The average Bonchev–Trinajstić information content (AvgIpc) is 3.14. The van der Waals surface area contributed by atoms with E-state index < -0.39 is 5.97 Å². The highest BCUT2D eigenvalue weighted by Crippen LogP contribution is 2.29. The molecule has 0 fully saturated rings. The maximum atomic E-state index is 12.1. The lowest BCUT2D eigenvalue weighted by Gasteiger charge is -2.11. The summed E-state index contributed by atoms with van der Waals surface area (Å²) in [5.41, 5.74) is 3.85. The summed E-state index contributed by atoms with van der Waals surface area (Å²) in [6.45, 7) is 3.55. The Kier molecular flexibility index (Phi) is 4.44. The van der Waals surface area contributed by atoms with Crippen LogP contribution in [0.1, 0.15) is 28.7 Å². The molecule has 0 radical (unpaired) electrons. The predicted molar refractivity (Wildman–Crippen MR) is 102 cm³/mol. The van der Waals surface area contributed by atoms with Gasteiger partial charge >= 0.3 is 11.6 Å². The van der Waals surface area contributed by atoms with Gasteiger partial charge in [-0.05, 0) is 61.9 Å². The molecule has 138 valence electrons. The Morgan fingerprint density at radius 1 is 1.07 bits per heavy atom. The largest absolute Gasteiger partial charge is 0.482 e. The van der Waals surface area contributed by atoms with Crippen molar-refractivity contribution in [3.05, 3.63) is 69.1 Å². The standard InChI is InChI=1S/C22H20O5/c1-13-5-3-6-14(2)21(13)27-20(23)12-25-15-9-10-17-16-7-4-8-18(16)22(24)26-19(17)11-15/h3,5-6,9-11H,4,7-8,12H2,1-2H3. The summed E-state index contributed by atoms with van der Waals surface area (Å²) in [4.78, 5) is 24.2. The number of ether oxygens (including phenoxy) is 2. The summed E-state index contributed by atoms with van der Waals surface area (Å²) < 4.78 is 16.4. The number of hydrogen-bond donors (Lipinski definition) is 0. The topological polar surface area (TPSA) is 65.7 Å². The van der Waals surface area contributed by atoms with Crippen molar-refractivity contribution in [1.82, 2.24) is 0 Å². The zero-order valence-corrected chi connectivity index (χ0v) is 15.3. The van der Waals surface area contributed by atoms with Gasteiger partial charge in [-0.2, -0.15) is 0 Å². The van der Waals surface area contributed by atoms with Crippen molar-refractivity contribution in [3.63, 3.8) is 0 Å². The highest BCUT2D eigenvalue weighted by Gasteiger charge is 2.20. The van der Waals surface area contributed by atoms with Crippen molar-refractivity contribution in [2.24, 2.45) is 0 Å². The molecule has 0 spiro atoms. The molecule has 5 nitrogen and oxygen atoms in total. The van der Waals surface area contributed by atoms with Crippen molar-refractivity contribution in [2.75, 3.05) is 6.61 Å². The van der Waals surface area contributed by atoms with Crippen LogP contribution in [0.15, 0.2) is 45.6 Å². The van der Waals surface area contributed by atoms with Gasteiger partial charge in [-0.1, -0.05) is 18.2 Å². The summed E-state index contributed by atoms with van der Waals surface area (Å²) in [7, 11) is 0. The first-order valence-corrected chi connectivity index (χ1v) is 9.01. The molecule has 0 atom stereocenters. The monoisotopic (exact) mass is 364 g/mol.